The summed E-state index contributed by atoms with van der Waals surface area (Å²) in [5, 5.41) is 0. The molecule has 5 nitrogen and oxygen atoms in total. The van der Waals surface area contributed by atoms with E-state index in [1.165, 1.54) is 32.1 Å². The summed E-state index contributed by atoms with van der Waals surface area (Å²) in [6, 6.07) is 0. The first kappa shape index (κ1) is 22.1. The van der Waals surface area contributed by atoms with Gasteiger partial charge in [0.15, 0.2) is 0 Å². The molecule has 0 saturated carbocycles. The first-order chi connectivity index (χ1) is 9.12. The third kappa shape index (κ3) is 15.9. The summed E-state index contributed by atoms with van der Waals surface area (Å²) in [4.78, 5) is 0. The quantitative estimate of drug-likeness (QED) is 0.481. The van der Waals surface area contributed by atoms with Crippen LogP contribution in [-0.2, 0) is 18.8 Å². The predicted octanol–water partition coefficient (Wildman–Crippen LogP) is 4.37. The third-order valence-electron chi connectivity index (χ3n) is 2.95. The lowest BCUT2D eigenvalue weighted by molar-refractivity contribution is 0.209. The van der Waals surface area contributed by atoms with Crippen molar-refractivity contribution in [1.29, 1.82) is 0 Å². The van der Waals surface area contributed by atoms with E-state index in [4.69, 9.17) is 8.37 Å². The molecule has 0 rings (SSSR count). The van der Waals surface area contributed by atoms with Crippen LogP contribution >= 0.6 is 0 Å². The van der Waals surface area contributed by atoms with Gasteiger partial charge in [-0.25, -0.2) is 8.37 Å². The average Bonchev–Trinajstić information content (AvgIpc) is 2.37. The zero-order valence-corrected chi connectivity index (χ0v) is 14.1. The molecule has 0 aromatic carbocycles. The van der Waals surface area contributed by atoms with Gasteiger partial charge in [-0.05, 0) is 12.8 Å². The van der Waals surface area contributed by atoms with Gasteiger partial charge < -0.3 is 6.15 Å². The number of unbranched alkanes of at least 4 members (excludes halogenated alkanes) is 8. The van der Waals surface area contributed by atoms with Crippen molar-refractivity contribution in [3.05, 3.63) is 0 Å². The Hall–Kier alpha value is -0.170. The molecule has 0 fully saturated rings. The zero-order chi connectivity index (χ0) is 14.4. The van der Waals surface area contributed by atoms with Crippen molar-refractivity contribution in [2.45, 2.75) is 78.1 Å². The molecule has 0 unspecified atom stereocenters. The van der Waals surface area contributed by atoms with E-state index in [0.717, 1.165) is 32.1 Å². The first-order valence-corrected chi connectivity index (χ1v) is 8.99. The van der Waals surface area contributed by atoms with E-state index >= 15 is 0 Å². The normalized spacial score (nSPS) is 11.3. The van der Waals surface area contributed by atoms with Crippen molar-refractivity contribution in [2.75, 3.05) is 13.2 Å². The largest absolute Gasteiger partial charge is 0.399 e. The summed E-state index contributed by atoms with van der Waals surface area (Å²) < 4.78 is 32.0. The lowest BCUT2D eigenvalue weighted by atomic mass is 10.1. The van der Waals surface area contributed by atoms with Crippen LogP contribution < -0.4 is 6.15 Å². The van der Waals surface area contributed by atoms with Crippen molar-refractivity contribution in [1.82, 2.24) is 6.15 Å². The first-order valence-electron chi connectivity index (χ1n) is 7.66. The lowest BCUT2D eigenvalue weighted by Crippen LogP contribution is -2.11. The van der Waals surface area contributed by atoms with Crippen molar-refractivity contribution in [3.63, 3.8) is 0 Å². The Morgan fingerprint density at radius 3 is 1.55 bits per heavy atom. The number of rotatable bonds is 14. The monoisotopic (exact) mass is 311 g/mol. The van der Waals surface area contributed by atoms with Crippen LogP contribution in [0.1, 0.15) is 78.1 Å². The Kier molecular flexibility index (Phi) is 16.8. The Labute approximate surface area is 125 Å². The van der Waals surface area contributed by atoms with Gasteiger partial charge in [0.25, 0.3) is 0 Å². The zero-order valence-electron chi connectivity index (χ0n) is 13.2. The van der Waals surface area contributed by atoms with E-state index in [-0.39, 0.29) is 19.4 Å². The molecule has 0 aromatic rings. The minimum Gasteiger partial charge on any atom is -0.344 e. The van der Waals surface area contributed by atoms with Crippen molar-refractivity contribution >= 4 is 10.4 Å². The van der Waals surface area contributed by atoms with Gasteiger partial charge in [-0.3, -0.25) is 0 Å². The molecule has 0 aromatic heterocycles. The standard InChI is InChI=1S/C14H30O4S.H3N/c1-3-5-7-8-9-10-11-12-14-18-19(15,16)17-13-6-4-2;/h3-14H2,1-2H3;1H3. The molecule has 20 heavy (non-hydrogen) atoms. The molecule has 0 atom stereocenters. The SMILES string of the molecule is CCCCCCCCCCOS(=O)(=O)OCCCC.N. The smallest absolute Gasteiger partial charge is 0.344 e. The molecule has 0 spiro atoms. The van der Waals surface area contributed by atoms with Gasteiger partial charge in [0.2, 0.25) is 0 Å². The summed E-state index contributed by atoms with van der Waals surface area (Å²) >= 11 is 0. The molecule has 3 N–H and O–H groups in total. The van der Waals surface area contributed by atoms with E-state index in [1.54, 1.807) is 0 Å². The van der Waals surface area contributed by atoms with E-state index < -0.39 is 10.4 Å². The molecule has 6 heteroatoms. The van der Waals surface area contributed by atoms with Crippen molar-refractivity contribution in [2.24, 2.45) is 0 Å². The minimum atomic E-state index is -3.76. The molecule has 0 amide bonds. The fourth-order valence-corrected chi connectivity index (χ4v) is 2.45. The van der Waals surface area contributed by atoms with Gasteiger partial charge in [0.05, 0.1) is 13.2 Å². The van der Waals surface area contributed by atoms with Crippen LogP contribution in [0.25, 0.3) is 0 Å². The Morgan fingerprint density at radius 1 is 0.650 bits per heavy atom. The Balaban J connectivity index is 0. The van der Waals surface area contributed by atoms with E-state index in [1.807, 2.05) is 6.92 Å². The summed E-state index contributed by atoms with van der Waals surface area (Å²) in [6.07, 6.45) is 11.0. The molecule has 0 radical (unpaired) electrons. The second kappa shape index (κ2) is 15.2. The molecular formula is C14H33NO4S. The molecule has 124 valence electrons. The Morgan fingerprint density at radius 2 is 1.05 bits per heavy atom. The second-order valence-corrected chi connectivity index (χ2v) is 6.17. The molecule has 0 saturated heterocycles. The van der Waals surface area contributed by atoms with Gasteiger partial charge >= 0.3 is 10.4 Å². The molecule has 0 bridgehead atoms. The second-order valence-electron chi connectivity index (χ2n) is 4.88. The average molecular weight is 311 g/mol. The maximum atomic E-state index is 11.3. The van der Waals surface area contributed by atoms with Crippen LogP contribution in [-0.4, -0.2) is 21.6 Å². The molecular weight excluding hydrogens is 278 g/mol. The molecule has 0 aliphatic heterocycles. The maximum absolute atomic E-state index is 11.3. The van der Waals surface area contributed by atoms with Gasteiger partial charge in [-0.1, -0.05) is 65.2 Å². The maximum Gasteiger partial charge on any atom is 0.399 e. The highest BCUT2D eigenvalue weighted by atomic mass is 32.3. The Bertz CT molecular complexity index is 281. The van der Waals surface area contributed by atoms with Crippen LogP contribution in [0.15, 0.2) is 0 Å². The predicted molar refractivity (Wildman–Crippen MR) is 83.4 cm³/mol. The third-order valence-corrected chi connectivity index (χ3v) is 3.86. The van der Waals surface area contributed by atoms with Gasteiger partial charge in [0.1, 0.15) is 0 Å². The topological polar surface area (TPSA) is 87.6 Å². The van der Waals surface area contributed by atoms with Crippen molar-refractivity contribution in [3.8, 4) is 0 Å². The summed E-state index contributed by atoms with van der Waals surface area (Å²) in [5.41, 5.74) is 0. The summed E-state index contributed by atoms with van der Waals surface area (Å²) in [7, 11) is -3.76. The van der Waals surface area contributed by atoms with Crippen molar-refractivity contribution < 1.29 is 16.8 Å². The minimum absolute atomic E-state index is 0. The summed E-state index contributed by atoms with van der Waals surface area (Å²) in [6.45, 7) is 4.65. The van der Waals surface area contributed by atoms with Crippen LogP contribution in [0, 0.1) is 0 Å². The number of hydrogen-bond donors (Lipinski definition) is 1. The van der Waals surface area contributed by atoms with E-state index in [9.17, 15) is 8.42 Å². The van der Waals surface area contributed by atoms with Crippen LogP contribution in [0.4, 0.5) is 0 Å². The van der Waals surface area contributed by atoms with Crippen LogP contribution in [0.5, 0.6) is 0 Å². The molecule has 0 aliphatic rings. The fourth-order valence-electron chi connectivity index (χ4n) is 1.74. The molecule has 0 heterocycles. The van der Waals surface area contributed by atoms with Gasteiger partial charge in [0, 0.05) is 0 Å². The van der Waals surface area contributed by atoms with Crippen LogP contribution in [0.2, 0.25) is 0 Å². The van der Waals surface area contributed by atoms with Gasteiger partial charge in [-0.15, -0.1) is 0 Å². The fraction of sp³-hybridized carbons (Fsp3) is 1.00. The van der Waals surface area contributed by atoms with Gasteiger partial charge in [-0.2, -0.15) is 8.42 Å². The highest BCUT2D eigenvalue weighted by Crippen LogP contribution is 2.09. The molecule has 0 aliphatic carbocycles. The highest BCUT2D eigenvalue weighted by Gasteiger charge is 2.10. The highest BCUT2D eigenvalue weighted by molar-refractivity contribution is 7.81. The van der Waals surface area contributed by atoms with E-state index in [2.05, 4.69) is 6.92 Å². The lowest BCUT2D eigenvalue weighted by Gasteiger charge is -2.05. The number of hydrogen-bond acceptors (Lipinski definition) is 5. The van der Waals surface area contributed by atoms with Crippen LogP contribution in [0.3, 0.4) is 0 Å². The summed E-state index contributed by atoms with van der Waals surface area (Å²) in [5.74, 6) is 0. The van der Waals surface area contributed by atoms with E-state index in [0.29, 0.717) is 0 Å².